The predicted molar refractivity (Wildman–Crippen MR) is 83.6 cm³/mol. The monoisotopic (exact) mass is 273 g/mol. The summed E-state index contributed by atoms with van der Waals surface area (Å²) >= 11 is 0. The van der Waals surface area contributed by atoms with Gasteiger partial charge in [-0.25, -0.2) is 0 Å². The minimum absolute atomic E-state index is 0.336. The van der Waals surface area contributed by atoms with E-state index >= 15 is 0 Å². The minimum Gasteiger partial charge on any atom is -0.342 e. The number of benzene rings is 1. The van der Waals surface area contributed by atoms with E-state index in [2.05, 4.69) is 56.0 Å². The molecule has 2 rings (SSSR count). The summed E-state index contributed by atoms with van der Waals surface area (Å²) in [5.41, 5.74) is 1.38. The molecule has 1 aromatic rings. The highest BCUT2D eigenvalue weighted by Gasteiger charge is 2.27. The van der Waals surface area contributed by atoms with Crippen molar-refractivity contribution >= 4 is 5.91 Å². The van der Waals surface area contributed by atoms with Crippen LogP contribution >= 0.6 is 0 Å². The number of carbonyl (C=O) groups excluding carboxylic acids is 1. The second-order valence-electron chi connectivity index (χ2n) is 6.57. The van der Waals surface area contributed by atoms with Crippen LogP contribution in [0.2, 0.25) is 0 Å². The van der Waals surface area contributed by atoms with Gasteiger partial charge in [-0.05, 0) is 30.2 Å². The number of hydrogen-bond donors (Lipinski definition) is 0. The summed E-state index contributed by atoms with van der Waals surface area (Å²) in [4.78, 5) is 14.0. The summed E-state index contributed by atoms with van der Waals surface area (Å²) in [6.07, 6.45) is 2.97. The van der Waals surface area contributed by atoms with Gasteiger partial charge < -0.3 is 4.90 Å². The second kappa shape index (κ2) is 6.92. The van der Waals surface area contributed by atoms with Gasteiger partial charge in [0.25, 0.3) is 0 Å². The van der Waals surface area contributed by atoms with Crippen LogP contribution in [0.15, 0.2) is 30.3 Å². The minimum atomic E-state index is 0.336. The summed E-state index contributed by atoms with van der Waals surface area (Å²) in [6, 6.07) is 10.7. The highest BCUT2D eigenvalue weighted by molar-refractivity contribution is 5.78. The average Bonchev–Trinajstić information content (AvgIpc) is 2.81. The van der Waals surface area contributed by atoms with E-state index in [0.717, 1.165) is 25.9 Å². The molecule has 0 spiro atoms. The third kappa shape index (κ3) is 3.84. The van der Waals surface area contributed by atoms with Gasteiger partial charge in [0.2, 0.25) is 5.91 Å². The second-order valence-corrected chi connectivity index (χ2v) is 6.57. The molecule has 2 nitrogen and oxygen atoms in total. The van der Waals surface area contributed by atoms with Crippen molar-refractivity contribution in [1.29, 1.82) is 0 Å². The highest BCUT2D eigenvalue weighted by Crippen LogP contribution is 2.31. The third-order valence-electron chi connectivity index (χ3n) is 4.35. The SMILES string of the molecule is CC(C)CC(C)C(CN1CCCC1=O)c1ccccc1. The van der Waals surface area contributed by atoms with Crippen molar-refractivity contribution in [1.82, 2.24) is 4.90 Å². The molecule has 1 fully saturated rings. The molecular weight excluding hydrogens is 246 g/mol. The predicted octanol–water partition coefficient (Wildman–Crippen LogP) is 4.07. The van der Waals surface area contributed by atoms with Gasteiger partial charge in [-0.15, -0.1) is 0 Å². The molecule has 110 valence electrons. The number of amides is 1. The highest BCUT2D eigenvalue weighted by atomic mass is 16.2. The molecule has 20 heavy (non-hydrogen) atoms. The lowest BCUT2D eigenvalue weighted by Gasteiger charge is -2.30. The molecule has 0 aliphatic carbocycles. The molecule has 2 heteroatoms. The van der Waals surface area contributed by atoms with Crippen molar-refractivity contribution in [3.05, 3.63) is 35.9 Å². The Kier molecular flexibility index (Phi) is 5.22. The lowest BCUT2D eigenvalue weighted by atomic mass is 9.82. The molecule has 0 saturated carbocycles. The van der Waals surface area contributed by atoms with Gasteiger partial charge in [0.15, 0.2) is 0 Å². The van der Waals surface area contributed by atoms with Gasteiger partial charge in [-0.3, -0.25) is 4.79 Å². The van der Waals surface area contributed by atoms with Crippen LogP contribution in [0.25, 0.3) is 0 Å². The van der Waals surface area contributed by atoms with Gasteiger partial charge in [0.1, 0.15) is 0 Å². The molecule has 1 aromatic carbocycles. The maximum Gasteiger partial charge on any atom is 0.222 e. The molecule has 1 saturated heterocycles. The first-order chi connectivity index (χ1) is 9.58. The number of nitrogens with zero attached hydrogens (tertiary/aromatic N) is 1. The zero-order valence-corrected chi connectivity index (χ0v) is 13.0. The molecule has 2 unspecified atom stereocenters. The van der Waals surface area contributed by atoms with E-state index in [-0.39, 0.29) is 0 Å². The number of likely N-dealkylation sites (tertiary alicyclic amines) is 1. The van der Waals surface area contributed by atoms with Crippen LogP contribution in [0.5, 0.6) is 0 Å². The Morgan fingerprint density at radius 3 is 2.40 bits per heavy atom. The van der Waals surface area contributed by atoms with Crippen LogP contribution < -0.4 is 0 Å². The summed E-state index contributed by atoms with van der Waals surface area (Å²) in [7, 11) is 0. The molecule has 1 aliphatic rings. The van der Waals surface area contributed by atoms with E-state index in [1.54, 1.807) is 0 Å². The van der Waals surface area contributed by atoms with Crippen molar-refractivity contribution < 1.29 is 4.79 Å². The van der Waals surface area contributed by atoms with Crippen LogP contribution in [-0.2, 0) is 4.79 Å². The third-order valence-corrected chi connectivity index (χ3v) is 4.35. The first-order valence-electron chi connectivity index (χ1n) is 7.90. The van der Waals surface area contributed by atoms with Crippen molar-refractivity contribution in [2.45, 2.75) is 46.0 Å². The van der Waals surface area contributed by atoms with E-state index in [1.165, 1.54) is 12.0 Å². The Morgan fingerprint density at radius 2 is 1.85 bits per heavy atom. The van der Waals surface area contributed by atoms with Crippen molar-refractivity contribution in [3.63, 3.8) is 0 Å². The summed E-state index contributed by atoms with van der Waals surface area (Å²) < 4.78 is 0. The maximum atomic E-state index is 11.9. The molecule has 1 amide bonds. The lowest BCUT2D eigenvalue weighted by molar-refractivity contribution is -0.128. The summed E-state index contributed by atoms with van der Waals surface area (Å²) in [6.45, 7) is 8.71. The molecule has 0 bridgehead atoms. The summed E-state index contributed by atoms with van der Waals surface area (Å²) in [5, 5.41) is 0. The fraction of sp³-hybridized carbons (Fsp3) is 0.611. The van der Waals surface area contributed by atoms with Crippen LogP contribution in [0, 0.1) is 11.8 Å². The Labute approximate surface area is 123 Å². The van der Waals surface area contributed by atoms with Gasteiger partial charge in [0.05, 0.1) is 0 Å². The molecule has 1 aliphatic heterocycles. The average molecular weight is 273 g/mol. The van der Waals surface area contributed by atoms with Gasteiger partial charge in [0, 0.05) is 25.4 Å². The fourth-order valence-corrected chi connectivity index (χ4v) is 3.36. The Hall–Kier alpha value is -1.31. The zero-order chi connectivity index (χ0) is 14.5. The van der Waals surface area contributed by atoms with E-state index in [0.29, 0.717) is 23.7 Å². The number of hydrogen-bond acceptors (Lipinski definition) is 1. The van der Waals surface area contributed by atoms with Crippen molar-refractivity contribution in [3.8, 4) is 0 Å². The van der Waals surface area contributed by atoms with Crippen LogP contribution in [0.3, 0.4) is 0 Å². The van der Waals surface area contributed by atoms with Crippen LogP contribution in [0.4, 0.5) is 0 Å². The number of carbonyl (C=O) groups is 1. The molecular formula is C18H27NO. The Balaban J connectivity index is 2.13. The molecule has 0 aromatic heterocycles. The number of rotatable bonds is 6. The smallest absolute Gasteiger partial charge is 0.222 e. The quantitative estimate of drug-likeness (QED) is 0.765. The Bertz CT molecular complexity index is 426. The largest absolute Gasteiger partial charge is 0.342 e. The first-order valence-corrected chi connectivity index (χ1v) is 7.90. The molecule has 0 N–H and O–H groups in total. The standard InChI is InChI=1S/C18H27NO/c1-14(2)12-15(3)17(16-8-5-4-6-9-16)13-19-11-7-10-18(19)20/h4-6,8-9,14-15,17H,7,10-13H2,1-3H3. The maximum absolute atomic E-state index is 11.9. The molecule has 0 radical (unpaired) electrons. The van der Waals surface area contributed by atoms with Crippen molar-refractivity contribution in [2.24, 2.45) is 11.8 Å². The van der Waals surface area contributed by atoms with Crippen molar-refractivity contribution in [2.75, 3.05) is 13.1 Å². The van der Waals surface area contributed by atoms with Crippen LogP contribution in [-0.4, -0.2) is 23.9 Å². The molecule has 2 atom stereocenters. The van der Waals surface area contributed by atoms with E-state index in [1.807, 2.05) is 0 Å². The first kappa shape index (κ1) is 15.1. The van der Waals surface area contributed by atoms with E-state index in [9.17, 15) is 4.79 Å². The Morgan fingerprint density at radius 1 is 1.15 bits per heavy atom. The normalized spacial score (nSPS) is 18.6. The van der Waals surface area contributed by atoms with Gasteiger partial charge >= 0.3 is 0 Å². The zero-order valence-electron chi connectivity index (χ0n) is 13.0. The van der Waals surface area contributed by atoms with Gasteiger partial charge in [-0.2, -0.15) is 0 Å². The van der Waals surface area contributed by atoms with E-state index in [4.69, 9.17) is 0 Å². The lowest BCUT2D eigenvalue weighted by Crippen LogP contribution is -2.32. The van der Waals surface area contributed by atoms with E-state index < -0.39 is 0 Å². The van der Waals surface area contributed by atoms with Gasteiger partial charge in [-0.1, -0.05) is 51.1 Å². The molecule has 1 heterocycles. The topological polar surface area (TPSA) is 20.3 Å². The summed E-state index contributed by atoms with van der Waals surface area (Å²) in [5.74, 6) is 2.10. The fourth-order valence-electron chi connectivity index (χ4n) is 3.36. The van der Waals surface area contributed by atoms with Crippen LogP contribution in [0.1, 0.15) is 51.5 Å².